The lowest BCUT2D eigenvalue weighted by Crippen LogP contribution is -2.36. The molecule has 0 aromatic carbocycles. The second-order valence-corrected chi connectivity index (χ2v) is 5.89. The Balaban J connectivity index is 1.50. The molecular formula is C12H21N. The molecule has 0 heterocycles. The first-order valence-corrected chi connectivity index (χ1v) is 6.00. The monoisotopic (exact) mass is 179 g/mol. The molecule has 0 amide bonds. The molecule has 3 aliphatic carbocycles. The van der Waals surface area contributed by atoms with Crippen LogP contribution in [0.5, 0.6) is 0 Å². The standard InChI is InChI=1S/C12H21N/c1-12(6-7-12)8-13-11(9-2-3-9)10-4-5-10/h9-11,13H,2-8H2,1H3. The summed E-state index contributed by atoms with van der Waals surface area (Å²) >= 11 is 0. The number of hydrogen-bond donors (Lipinski definition) is 1. The Morgan fingerprint density at radius 3 is 2.08 bits per heavy atom. The molecule has 0 bridgehead atoms. The van der Waals surface area contributed by atoms with Gasteiger partial charge in [-0.3, -0.25) is 0 Å². The number of nitrogens with one attached hydrogen (secondary N) is 1. The van der Waals surface area contributed by atoms with Crippen LogP contribution in [0, 0.1) is 17.3 Å². The molecule has 3 rings (SSSR count). The van der Waals surface area contributed by atoms with Crippen LogP contribution in [0.15, 0.2) is 0 Å². The van der Waals surface area contributed by atoms with Crippen LogP contribution in [0.1, 0.15) is 45.4 Å². The van der Waals surface area contributed by atoms with Crippen molar-refractivity contribution < 1.29 is 0 Å². The fraction of sp³-hybridized carbons (Fsp3) is 1.00. The zero-order valence-corrected chi connectivity index (χ0v) is 8.68. The van der Waals surface area contributed by atoms with E-state index in [1.807, 2.05) is 0 Å². The van der Waals surface area contributed by atoms with Gasteiger partial charge in [0.15, 0.2) is 0 Å². The summed E-state index contributed by atoms with van der Waals surface area (Å²) < 4.78 is 0. The lowest BCUT2D eigenvalue weighted by molar-refractivity contribution is 0.373. The van der Waals surface area contributed by atoms with Gasteiger partial charge in [0.05, 0.1) is 0 Å². The molecule has 1 N–H and O–H groups in total. The molecule has 74 valence electrons. The Kier molecular flexibility index (Phi) is 1.74. The van der Waals surface area contributed by atoms with Gasteiger partial charge >= 0.3 is 0 Å². The average molecular weight is 179 g/mol. The van der Waals surface area contributed by atoms with Gasteiger partial charge in [-0.25, -0.2) is 0 Å². The minimum absolute atomic E-state index is 0.696. The van der Waals surface area contributed by atoms with Crippen molar-refractivity contribution in [1.82, 2.24) is 5.32 Å². The molecule has 0 unspecified atom stereocenters. The van der Waals surface area contributed by atoms with Gasteiger partial charge in [0.25, 0.3) is 0 Å². The maximum atomic E-state index is 3.85. The third kappa shape index (κ3) is 1.90. The molecule has 1 heteroatoms. The molecule has 0 radical (unpaired) electrons. The van der Waals surface area contributed by atoms with Gasteiger partial charge in [-0.1, -0.05) is 6.92 Å². The van der Waals surface area contributed by atoms with Crippen molar-refractivity contribution >= 4 is 0 Å². The summed E-state index contributed by atoms with van der Waals surface area (Å²) in [5.74, 6) is 2.13. The van der Waals surface area contributed by atoms with E-state index in [9.17, 15) is 0 Å². The molecule has 0 spiro atoms. The summed E-state index contributed by atoms with van der Waals surface area (Å²) in [6.45, 7) is 3.72. The minimum Gasteiger partial charge on any atom is -0.313 e. The minimum atomic E-state index is 0.696. The van der Waals surface area contributed by atoms with Crippen LogP contribution < -0.4 is 5.32 Å². The van der Waals surface area contributed by atoms with Crippen molar-refractivity contribution in [2.24, 2.45) is 17.3 Å². The van der Waals surface area contributed by atoms with E-state index >= 15 is 0 Å². The predicted octanol–water partition coefficient (Wildman–Crippen LogP) is 2.56. The highest BCUT2D eigenvalue weighted by molar-refractivity contribution is 4.99. The van der Waals surface area contributed by atoms with Crippen LogP contribution in [0.2, 0.25) is 0 Å². The molecule has 1 nitrogen and oxygen atoms in total. The van der Waals surface area contributed by atoms with E-state index in [1.54, 1.807) is 0 Å². The van der Waals surface area contributed by atoms with Crippen molar-refractivity contribution in [1.29, 1.82) is 0 Å². The smallest absolute Gasteiger partial charge is 0.0124 e. The molecule has 0 aromatic heterocycles. The highest BCUT2D eigenvalue weighted by Gasteiger charge is 2.43. The van der Waals surface area contributed by atoms with E-state index < -0.39 is 0 Å². The molecular weight excluding hydrogens is 158 g/mol. The number of rotatable bonds is 5. The molecule has 0 aromatic rings. The van der Waals surface area contributed by atoms with E-state index in [2.05, 4.69) is 12.2 Å². The molecule has 3 fully saturated rings. The summed E-state index contributed by atoms with van der Waals surface area (Å²) in [6.07, 6.45) is 8.94. The predicted molar refractivity (Wildman–Crippen MR) is 54.6 cm³/mol. The van der Waals surface area contributed by atoms with Crippen molar-refractivity contribution in [3.63, 3.8) is 0 Å². The molecule has 3 aliphatic rings. The Bertz CT molecular complexity index is 187. The van der Waals surface area contributed by atoms with Gasteiger partial charge in [0.2, 0.25) is 0 Å². The van der Waals surface area contributed by atoms with Crippen LogP contribution in [0.3, 0.4) is 0 Å². The molecule has 13 heavy (non-hydrogen) atoms. The molecule has 3 saturated carbocycles. The Labute approximate surface area is 81.3 Å². The summed E-state index contributed by atoms with van der Waals surface area (Å²) in [4.78, 5) is 0. The highest BCUT2D eigenvalue weighted by Crippen LogP contribution is 2.47. The van der Waals surface area contributed by atoms with Crippen molar-refractivity contribution in [2.75, 3.05) is 6.54 Å². The fourth-order valence-electron chi connectivity index (χ4n) is 2.38. The molecule has 0 saturated heterocycles. The Hall–Kier alpha value is -0.0400. The van der Waals surface area contributed by atoms with Gasteiger partial charge in [-0.15, -0.1) is 0 Å². The van der Waals surface area contributed by atoms with Crippen LogP contribution in [-0.2, 0) is 0 Å². The Morgan fingerprint density at radius 1 is 1.15 bits per heavy atom. The van der Waals surface area contributed by atoms with Gasteiger partial charge in [0, 0.05) is 12.6 Å². The summed E-state index contributed by atoms with van der Waals surface area (Å²) in [6, 6.07) is 0.914. The fourth-order valence-corrected chi connectivity index (χ4v) is 2.38. The van der Waals surface area contributed by atoms with Crippen molar-refractivity contribution in [3.05, 3.63) is 0 Å². The van der Waals surface area contributed by atoms with Crippen LogP contribution in [0.4, 0.5) is 0 Å². The number of hydrogen-bond acceptors (Lipinski definition) is 1. The SMILES string of the molecule is CC1(CNC(C2CC2)C2CC2)CC1. The van der Waals surface area contributed by atoms with Crippen molar-refractivity contribution in [3.8, 4) is 0 Å². The summed E-state index contributed by atoms with van der Waals surface area (Å²) in [7, 11) is 0. The molecule has 0 aliphatic heterocycles. The van der Waals surface area contributed by atoms with Gasteiger partial charge < -0.3 is 5.32 Å². The van der Waals surface area contributed by atoms with E-state index in [0.29, 0.717) is 5.41 Å². The summed E-state index contributed by atoms with van der Waals surface area (Å²) in [5.41, 5.74) is 0.696. The van der Waals surface area contributed by atoms with Crippen molar-refractivity contribution in [2.45, 2.75) is 51.5 Å². The first-order valence-electron chi connectivity index (χ1n) is 6.00. The van der Waals surface area contributed by atoms with Gasteiger partial charge in [0.1, 0.15) is 0 Å². The zero-order chi connectivity index (χ0) is 8.89. The van der Waals surface area contributed by atoms with Crippen LogP contribution in [0.25, 0.3) is 0 Å². The second-order valence-electron chi connectivity index (χ2n) is 5.89. The lowest BCUT2D eigenvalue weighted by atomic mass is 10.1. The van der Waals surface area contributed by atoms with E-state index in [4.69, 9.17) is 0 Å². The largest absolute Gasteiger partial charge is 0.313 e. The van der Waals surface area contributed by atoms with E-state index in [1.165, 1.54) is 45.1 Å². The first kappa shape index (κ1) is 8.28. The first-order chi connectivity index (χ1) is 6.27. The zero-order valence-electron chi connectivity index (χ0n) is 8.68. The topological polar surface area (TPSA) is 12.0 Å². The third-order valence-electron chi connectivity index (χ3n) is 4.13. The quantitative estimate of drug-likeness (QED) is 0.684. The van der Waals surface area contributed by atoms with Crippen LogP contribution >= 0.6 is 0 Å². The lowest BCUT2D eigenvalue weighted by Gasteiger charge is -2.20. The summed E-state index contributed by atoms with van der Waals surface area (Å²) in [5, 5.41) is 3.85. The van der Waals surface area contributed by atoms with Crippen LogP contribution in [-0.4, -0.2) is 12.6 Å². The maximum Gasteiger partial charge on any atom is 0.0124 e. The van der Waals surface area contributed by atoms with E-state index in [0.717, 1.165) is 17.9 Å². The van der Waals surface area contributed by atoms with E-state index in [-0.39, 0.29) is 0 Å². The van der Waals surface area contributed by atoms with Gasteiger partial charge in [-0.05, 0) is 55.8 Å². The maximum absolute atomic E-state index is 3.85. The normalized spacial score (nSPS) is 30.9. The Morgan fingerprint density at radius 2 is 1.69 bits per heavy atom. The highest BCUT2D eigenvalue weighted by atomic mass is 15.0. The molecule has 0 atom stereocenters. The third-order valence-corrected chi connectivity index (χ3v) is 4.13. The average Bonchev–Trinajstić information content (AvgIpc) is 2.95. The second kappa shape index (κ2) is 2.73. The van der Waals surface area contributed by atoms with Gasteiger partial charge in [-0.2, -0.15) is 0 Å².